The van der Waals surface area contributed by atoms with Crippen LogP contribution in [-0.2, 0) is 6.42 Å². The second-order valence-corrected chi connectivity index (χ2v) is 2.75. The lowest BCUT2D eigenvalue weighted by Gasteiger charge is -2.10. The molecular formula is C8H8N2O2. The third kappa shape index (κ3) is 0.922. The first-order valence-corrected chi connectivity index (χ1v) is 3.76. The fourth-order valence-electron chi connectivity index (χ4n) is 1.38. The van der Waals surface area contributed by atoms with Gasteiger partial charge in [0, 0.05) is 6.54 Å². The topological polar surface area (TPSA) is 62.0 Å². The zero-order valence-electron chi connectivity index (χ0n) is 6.39. The third-order valence-corrected chi connectivity index (χ3v) is 1.95. The molecule has 0 saturated carbocycles. The predicted octanol–water partition coefficient (Wildman–Crippen LogP) is 0.113. The number of nitrogens with one attached hydrogen (secondary N) is 2. The number of aromatic nitrogens is 1. The standard InChI is InChI=1S/C8H8N2O2/c11-4-6-3-5-1-2-9-8(12)7(5)10-6/h3-4,10H,1-2H2,(H,9,12). The van der Waals surface area contributed by atoms with Crippen molar-refractivity contribution in [1.82, 2.24) is 10.3 Å². The van der Waals surface area contributed by atoms with E-state index in [-0.39, 0.29) is 5.91 Å². The van der Waals surface area contributed by atoms with E-state index in [0.717, 1.165) is 12.0 Å². The van der Waals surface area contributed by atoms with Crippen LogP contribution in [0.3, 0.4) is 0 Å². The maximum Gasteiger partial charge on any atom is 0.268 e. The van der Waals surface area contributed by atoms with Gasteiger partial charge in [-0.3, -0.25) is 9.59 Å². The van der Waals surface area contributed by atoms with Crippen molar-refractivity contribution in [3.63, 3.8) is 0 Å². The van der Waals surface area contributed by atoms with Crippen molar-refractivity contribution < 1.29 is 9.59 Å². The van der Waals surface area contributed by atoms with Crippen molar-refractivity contribution >= 4 is 12.2 Å². The fourth-order valence-corrected chi connectivity index (χ4v) is 1.38. The van der Waals surface area contributed by atoms with Crippen molar-refractivity contribution in [2.24, 2.45) is 0 Å². The zero-order valence-corrected chi connectivity index (χ0v) is 6.39. The van der Waals surface area contributed by atoms with Gasteiger partial charge in [0.05, 0.1) is 5.69 Å². The van der Waals surface area contributed by atoms with E-state index in [2.05, 4.69) is 10.3 Å². The molecule has 1 aliphatic rings. The monoisotopic (exact) mass is 164 g/mol. The lowest BCUT2D eigenvalue weighted by molar-refractivity contribution is 0.0941. The Kier molecular flexibility index (Phi) is 1.46. The Morgan fingerprint density at radius 2 is 2.33 bits per heavy atom. The predicted molar refractivity (Wildman–Crippen MR) is 42.2 cm³/mol. The van der Waals surface area contributed by atoms with Crippen molar-refractivity contribution in [2.75, 3.05) is 6.54 Å². The largest absolute Gasteiger partial charge is 0.350 e. The Morgan fingerprint density at radius 1 is 1.50 bits per heavy atom. The molecular weight excluding hydrogens is 156 g/mol. The van der Waals surface area contributed by atoms with Gasteiger partial charge in [0.25, 0.3) is 5.91 Å². The summed E-state index contributed by atoms with van der Waals surface area (Å²) in [6, 6.07) is 1.72. The Hall–Kier alpha value is -1.58. The normalized spacial score (nSPS) is 15.2. The number of hydrogen-bond acceptors (Lipinski definition) is 2. The Morgan fingerprint density at radius 3 is 3.00 bits per heavy atom. The molecule has 1 aliphatic heterocycles. The van der Waals surface area contributed by atoms with Gasteiger partial charge in [-0.05, 0) is 18.1 Å². The molecule has 0 bridgehead atoms. The van der Waals surface area contributed by atoms with Crippen LogP contribution in [0.15, 0.2) is 6.07 Å². The minimum absolute atomic E-state index is 0.121. The van der Waals surface area contributed by atoms with E-state index in [1.54, 1.807) is 6.07 Å². The summed E-state index contributed by atoms with van der Waals surface area (Å²) in [5, 5.41) is 2.69. The Labute approximate surface area is 69.0 Å². The SMILES string of the molecule is O=Cc1cc2c([nH]1)C(=O)NCC2. The molecule has 0 fully saturated rings. The highest BCUT2D eigenvalue weighted by Crippen LogP contribution is 2.13. The van der Waals surface area contributed by atoms with Gasteiger partial charge in [0.2, 0.25) is 0 Å². The van der Waals surface area contributed by atoms with E-state index >= 15 is 0 Å². The van der Waals surface area contributed by atoms with E-state index in [1.165, 1.54) is 0 Å². The highest BCUT2D eigenvalue weighted by molar-refractivity contribution is 5.96. The molecule has 2 heterocycles. The number of H-pyrrole nitrogens is 1. The average Bonchev–Trinajstić information content (AvgIpc) is 2.49. The molecule has 0 unspecified atom stereocenters. The smallest absolute Gasteiger partial charge is 0.268 e. The van der Waals surface area contributed by atoms with Crippen LogP contribution in [0.1, 0.15) is 26.5 Å². The minimum Gasteiger partial charge on any atom is -0.350 e. The van der Waals surface area contributed by atoms with Gasteiger partial charge >= 0.3 is 0 Å². The van der Waals surface area contributed by atoms with Crippen LogP contribution >= 0.6 is 0 Å². The van der Waals surface area contributed by atoms with Crippen LogP contribution in [0, 0.1) is 0 Å². The number of rotatable bonds is 1. The van der Waals surface area contributed by atoms with Crippen LogP contribution in [0.2, 0.25) is 0 Å². The first-order valence-electron chi connectivity index (χ1n) is 3.76. The van der Waals surface area contributed by atoms with Gasteiger partial charge in [-0.15, -0.1) is 0 Å². The summed E-state index contributed by atoms with van der Waals surface area (Å²) in [6.45, 7) is 0.655. The minimum atomic E-state index is -0.121. The summed E-state index contributed by atoms with van der Waals surface area (Å²) in [5.41, 5.74) is 1.93. The molecule has 2 N–H and O–H groups in total. The van der Waals surface area contributed by atoms with Gasteiger partial charge in [-0.25, -0.2) is 0 Å². The van der Waals surface area contributed by atoms with Crippen LogP contribution in [0.5, 0.6) is 0 Å². The van der Waals surface area contributed by atoms with Crippen molar-refractivity contribution in [2.45, 2.75) is 6.42 Å². The quantitative estimate of drug-likeness (QED) is 0.579. The van der Waals surface area contributed by atoms with E-state index in [4.69, 9.17) is 0 Å². The molecule has 62 valence electrons. The number of amides is 1. The average molecular weight is 164 g/mol. The molecule has 12 heavy (non-hydrogen) atoms. The summed E-state index contributed by atoms with van der Waals surface area (Å²) in [5.74, 6) is -0.121. The summed E-state index contributed by atoms with van der Waals surface area (Å²) >= 11 is 0. The van der Waals surface area contributed by atoms with Crippen LogP contribution < -0.4 is 5.32 Å². The number of carbonyl (C=O) groups excluding carboxylic acids is 2. The lowest BCUT2D eigenvalue weighted by atomic mass is 10.1. The Balaban J connectivity index is 2.50. The van der Waals surface area contributed by atoms with E-state index in [9.17, 15) is 9.59 Å². The van der Waals surface area contributed by atoms with Gasteiger partial charge in [0.1, 0.15) is 5.69 Å². The van der Waals surface area contributed by atoms with Gasteiger partial charge < -0.3 is 10.3 Å². The highest BCUT2D eigenvalue weighted by atomic mass is 16.2. The molecule has 0 aromatic carbocycles. The van der Waals surface area contributed by atoms with E-state index in [0.29, 0.717) is 24.2 Å². The first kappa shape index (κ1) is 7.09. The van der Waals surface area contributed by atoms with Crippen molar-refractivity contribution in [1.29, 1.82) is 0 Å². The summed E-state index contributed by atoms with van der Waals surface area (Å²) in [7, 11) is 0. The third-order valence-electron chi connectivity index (χ3n) is 1.95. The van der Waals surface area contributed by atoms with E-state index in [1.807, 2.05) is 0 Å². The highest BCUT2D eigenvalue weighted by Gasteiger charge is 2.18. The molecule has 0 spiro atoms. The molecule has 4 heteroatoms. The molecule has 4 nitrogen and oxygen atoms in total. The van der Waals surface area contributed by atoms with E-state index < -0.39 is 0 Å². The number of fused-ring (bicyclic) bond motifs is 1. The molecule has 2 rings (SSSR count). The van der Waals surface area contributed by atoms with Gasteiger partial charge in [-0.2, -0.15) is 0 Å². The Bertz CT molecular complexity index is 341. The second-order valence-electron chi connectivity index (χ2n) is 2.75. The number of hydrogen-bond donors (Lipinski definition) is 2. The first-order chi connectivity index (χ1) is 5.81. The van der Waals surface area contributed by atoms with Gasteiger partial charge in [-0.1, -0.05) is 0 Å². The van der Waals surface area contributed by atoms with Crippen LogP contribution in [-0.4, -0.2) is 23.7 Å². The molecule has 0 saturated heterocycles. The van der Waals surface area contributed by atoms with Crippen molar-refractivity contribution in [3.05, 3.63) is 23.0 Å². The number of aromatic amines is 1. The molecule has 1 amide bonds. The summed E-state index contributed by atoms with van der Waals surface area (Å²) in [6.07, 6.45) is 1.51. The number of carbonyl (C=O) groups is 2. The van der Waals surface area contributed by atoms with Crippen molar-refractivity contribution in [3.8, 4) is 0 Å². The molecule has 0 aliphatic carbocycles. The van der Waals surface area contributed by atoms with Crippen LogP contribution in [0.4, 0.5) is 0 Å². The summed E-state index contributed by atoms with van der Waals surface area (Å²) in [4.78, 5) is 24.3. The fraction of sp³-hybridized carbons (Fsp3) is 0.250. The molecule has 0 radical (unpaired) electrons. The van der Waals surface area contributed by atoms with Gasteiger partial charge in [0.15, 0.2) is 6.29 Å². The molecule has 0 atom stereocenters. The summed E-state index contributed by atoms with van der Waals surface area (Å²) < 4.78 is 0. The lowest BCUT2D eigenvalue weighted by Crippen LogP contribution is -2.31. The number of aldehydes is 1. The maximum absolute atomic E-state index is 11.2. The van der Waals surface area contributed by atoms with Crippen LogP contribution in [0.25, 0.3) is 0 Å². The maximum atomic E-state index is 11.2. The zero-order chi connectivity index (χ0) is 8.55. The molecule has 1 aromatic heterocycles. The second kappa shape index (κ2) is 2.48. The molecule has 1 aromatic rings.